The summed E-state index contributed by atoms with van der Waals surface area (Å²) in [6, 6.07) is 0. The molecule has 4 heteroatoms. The Morgan fingerprint density at radius 1 is 1.24 bits per heavy atom. The molecule has 0 radical (unpaired) electrons. The van der Waals surface area contributed by atoms with Crippen molar-refractivity contribution in [3.05, 3.63) is 23.8 Å². The molecule has 4 rings (SSSR count). The molecule has 6 unspecified atom stereocenters. The molecule has 0 aromatic rings. The third-order valence-corrected chi connectivity index (χ3v) is 9.13. The number of ether oxygens (including phenoxy) is 1. The van der Waals surface area contributed by atoms with Crippen LogP contribution in [0.1, 0.15) is 72.1 Å². The number of hydrogen-bond acceptors (Lipinski definition) is 4. The zero-order valence-corrected chi connectivity index (χ0v) is 18.2. The summed E-state index contributed by atoms with van der Waals surface area (Å²) < 4.78 is 5.01. The lowest BCUT2D eigenvalue weighted by atomic mass is 9.46. The molecule has 0 heterocycles. The van der Waals surface area contributed by atoms with E-state index in [0.717, 1.165) is 24.8 Å². The molecule has 3 fully saturated rings. The van der Waals surface area contributed by atoms with Crippen molar-refractivity contribution in [3.8, 4) is 0 Å². The zero-order valence-electron chi connectivity index (χ0n) is 18.2. The zero-order chi connectivity index (χ0) is 20.8. The molecule has 3 saturated carbocycles. The van der Waals surface area contributed by atoms with Crippen molar-refractivity contribution in [2.45, 2.75) is 78.2 Å². The van der Waals surface area contributed by atoms with Crippen LogP contribution in [0, 0.1) is 34.5 Å². The molecule has 160 valence electrons. The molecular formula is C25H36O4. The van der Waals surface area contributed by atoms with Crippen molar-refractivity contribution in [3.63, 3.8) is 0 Å². The Hall–Kier alpha value is -1.42. The molecule has 4 aliphatic rings. The molecule has 0 aliphatic heterocycles. The van der Waals surface area contributed by atoms with Crippen LogP contribution in [-0.4, -0.2) is 29.6 Å². The Kier molecular flexibility index (Phi) is 5.52. The van der Waals surface area contributed by atoms with Crippen LogP contribution in [0.4, 0.5) is 0 Å². The minimum Gasteiger partial charge on any atom is -0.463 e. The largest absolute Gasteiger partial charge is 0.463 e. The van der Waals surface area contributed by atoms with Gasteiger partial charge in [0.25, 0.3) is 0 Å². The van der Waals surface area contributed by atoms with Crippen LogP contribution in [-0.2, 0) is 14.3 Å². The van der Waals surface area contributed by atoms with Gasteiger partial charge in [-0.05, 0) is 98.0 Å². The van der Waals surface area contributed by atoms with Gasteiger partial charge < -0.3 is 9.84 Å². The second-order valence-corrected chi connectivity index (χ2v) is 10.3. The number of hydrogen-bond donors (Lipinski definition) is 1. The van der Waals surface area contributed by atoms with E-state index in [2.05, 4.69) is 13.8 Å². The summed E-state index contributed by atoms with van der Waals surface area (Å²) in [5.74, 6) is 2.28. The number of aliphatic hydroxyl groups excluding tert-OH is 1. The number of carbonyl (C=O) groups excluding carboxylic acids is 2. The van der Waals surface area contributed by atoms with Gasteiger partial charge in [-0.1, -0.05) is 19.9 Å². The van der Waals surface area contributed by atoms with Gasteiger partial charge in [-0.25, -0.2) is 4.79 Å². The fourth-order valence-corrected chi connectivity index (χ4v) is 7.62. The number of ketones is 1. The molecule has 0 aromatic carbocycles. The standard InChI is InChI=1S/C25H36O4/c1-4-29-23(28)7-5-6-16-8-9-19-18-15-22(27)21-14-17(26)10-12-25(21,3)20(18)11-13-24(16,19)2/h5,7,14,16,18-20,22,27H,4,6,8-13,15H2,1-3H3/b7-5+/t16?,18?,19?,20?,22-,24?,25?/m0/s1. The summed E-state index contributed by atoms with van der Waals surface area (Å²) in [5.41, 5.74) is 1.28. The van der Waals surface area contributed by atoms with E-state index in [1.54, 1.807) is 12.2 Å². The highest BCUT2D eigenvalue weighted by Crippen LogP contribution is 2.67. The number of allylic oxidation sites excluding steroid dienone is 1. The lowest BCUT2D eigenvalue weighted by Gasteiger charge is -2.59. The summed E-state index contributed by atoms with van der Waals surface area (Å²) in [4.78, 5) is 23.6. The van der Waals surface area contributed by atoms with Gasteiger partial charge in [0, 0.05) is 12.5 Å². The first kappa shape index (κ1) is 20.8. The highest BCUT2D eigenvalue weighted by molar-refractivity contribution is 5.91. The highest BCUT2D eigenvalue weighted by Gasteiger charge is 2.60. The molecule has 29 heavy (non-hydrogen) atoms. The summed E-state index contributed by atoms with van der Waals surface area (Å²) in [6.45, 7) is 7.00. The third kappa shape index (κ3) is 3.41. The first-order chi connectivity index (χ1) is 13.8. The van der Waals surface area contributed by atoms with E-state index in [0.29, 0.717) is 36.7 Å². The second kappa shape index (κ2) is 7.68. The molecule has 7 atom stereocenters. The first-order valence-corrected chi connectivity index (χ1v) is 11.6. The van der Waals surface area contributed by atoms with Crippen LogP contribution in [0.25, 0.3) is 0 Å². The van der Waals surface area contributed by atoms with Gasteiger partial charge >= 0.3 is 5.97 Å². The van der Waals surface area contributed by atoms with Gasteiger partial charge in [0.2, 0.25) is 0 Å². The topological polar surface area (TPSA) is 63.6 Å². The van der Waals surface area contributed by atoms with E-state index in [1.165, 1.54) is 25.7 Å². The Morgan fingerprint density at radius 3 is 2.79 bits per heavy atom. The van der Waals surface area contributed by atoms with Gasteiger partial charge in [-0.2, -0.15) is 0 Å². The van der Waals surface area contributed by atoms with E-state index in [-0.39, 0.29) is 22.6 Å². The number of carbonyl (C=O) groups is 2. The minimum absolute atomic E-state index is 0.0144. The van der Waals surface area contributed by atoms with Gasteiger partial charge in [-0.15, -0.1) is 0 Å². The van der Waals surface area contributed by atoms with Crippen LogP contribution in [0.15, 0.2) is 23.8 Å². The molecule has 0 amide bonds. The number of esters is 1. The summed E-state index contributed by atoms with van der Waals surface area (Å²) in [7, 11) is 0. The van der Waals surface area contributed by atoms with Crippen molar-refractivity contribution in [1.29, 1.82) is 0 Å². The fraction of sp³-hybridized carbons (Fsp3) is 0.760. The third-order valence-electron chi connectivity index (χ3n) is 9.13. The molecule has 4 aliphatic carbocycles. The van der Waals surface area contributed by atoms with E-state index in [9.17, 15) is 14.7 Å². The predicted molar refractivity (Wildman–Crippen MR) is 112 cm³/mol. The molecule has 0 bridgehead atoms. The minimum atomic E-state index is -0.462. The van der Waals surface area contributed by atoms with Crippen molar-refractivity contribution in [1.82, 2.24) is 0 Å². The molecule has 0 spiro atoms. The molecule has 0 aromatic heterocycles. The maximum atomic E-state index is 12.0. The van der Waals surface area contributed by atoms with Gasteiger partial charge in [0.1, 0.15) is 0 Å². The lowest BCUT2D eigenvalue weighted by Crippen LogP contribution is -2.53. The molecule has 1 N–H and O–H groups in total. The fourth-order valence-electron chi connectivity index (χ4n) is 7.62. The van der Waals surface area contributed by atoms with Crippen LogP contribution < -0.4 is 0 Å². The van der Waals surface area contributed by atoms with Crippen LogP contribution in [0.2, 0.25) is 0 Å². The number of rotatable bonds is 4. The average molecular weight is 401 g/mol. The van der Waals surface area contributed by atoms with E-state index < -0.39 is 6.10 Å². The van der Waals surface area contributed by atoms with Gasteiger partial charge in [0.15, 0.2) is 5.78 Å². The van der Waals surface area contributed by atoms with Crippen LogP contribution in [0.5, 0.6) is 0 Å². The Balaban J connectivity index is 1.52. The Labute approximate surface area is 174 Å². The smallest absolute Gasteiger partial charge is 0.330 e. The Morgan fingerprint density at radius 2 is 2.03 bits per heavy atom. The van der Waals surface area contributed by atoms with E-state index in [1.807, 2.05) is 13.0 Å². The van der Waals surface area contributed by atoms with Crippen molar-refractivity contribution in [2.24, 2.45) is 34.5 Å². The maximum Gasteiger partial charge on any atom is 0.330 e. The number of aliphatic hydroxyl groups is 1. The Bertz CT molecular complexity index is 737. The second-order valence-electron chi connectivity index (χ2n) is 10.3. The van der Waals surface area contributed by atoms with Crippen LogP contribution >= 0.6 is 0 Å². The average Bonchev–Trinajstić information content (AvgIpc) is 3.00. The van der Waals surface area contributed by atoms with Crippen molar-refractivity contribution in [2.75, 3.05) is 6.61 Å². The SMILES string of the molecule is CCOC(=O)/C=C/CC1CCC2C3C[C@H](O)C4=CC(=O)CCC4(C)C3CCC12C. The van der Waals surface area contributed by atoms with Crippen LogP contribution in [0.3, 0.4) is 0 Å². The summed E-state index contributed by atoms with van der Waals surface area (Å²) in [5, 5.41) is 11.0. The normalized spacial score (nSPS) is 44.1. The predicted octanol–water partition coefficient (Wildman–Crippen LogP) is 4.61. The molecule has 4 nitrogen and oxygen atoms in total. The monoisotopic (exact) mass is 400 g/mol. The van der Waals surface area contributed by atoms with Gasteiger partial charge in [-0.3, -0.25) is 4.79 Å². The van der Waals surface area contributed by atoms with E-state index >= 15 is 0 Å². The molecule has 0 saturated heterocycles. The lowest BCUT2D eigenvalue weighted by molar-refractivity contribution is -0.137. The van der Waals surface area contributed by atoms with E-state index in [4.69, 9.17) is 4.74 Å². The van der Waals surface area contributed by atoms with Gasteiger partial charge in [0.05, 0.1) is 12.7 Å². The highest BCUT2D eigenvalue weighted by atomic mass is 16.5. The summed E-state index contributed by atoms with van der Waals surface area (Å²) in [6.07, 6.45) is 13.0. The number of fused-ring (bicyclic) bond motifs is 5. The maximum absolute atomic E-state index is 12.0. The first-order valence-electron chi connectivity index (χ1n) is 11.6. The summed E-state index contributed by atoms with van der Waals surface area (Å²) >= 11 is 0. The van der Waals surface area contributed by atoms with Crippen molar-refractivity contribution < 1.29 is 19.4 Å². The molecular weight excluding hydrogens is 364 g/mol. The quantitative estimate of drug-likeness (QED) is 0.553. The van der Waals surface area contributed by atoms with Crippen molar-refractivity contribution >= 4 is 11.8 Å².